The predicted molar refractivity (Wildman–Crippen MR) is 35.6 cm³/mol. The van der Waals surface area contributed by atoms with Crippen LogP contribution in [0.3, 0.4) is 0 Å². The molecule has 0 radical (unpaired) electrons. The van der Waals surface area contributed by atoms with Gasteiger partial charge in [0.15, 0.2) is 0 Å². The first-order chi connectivity index (χ1) is 4.33. The smallest absolute Gasteiger partial charge is 0.201 e. The molecule has 1 saturated heterocycles. The number of hydrogen-bond donors (Lipinski definition) is 0. The van der Waals surface area contributed by atoms with Crippen LogP contribution in [0.25, 0.3) is 0 Å². The summed E-state index contributed by atoms with van der Waals surface area (Å²) in [5.41, 5.74) is 0. The van der Waals surface area contributed by atoms with Gasteiger partial charge in [0, 0.05) is 0 Å². The van der Waals surface area contributed by atoms with E-state index >= 15 is 0 Å². The van der Waals surface area contributed by atoms with Gasteiger partial charge in [0.25, 0.3) is 0 Å². The van der Waals surface area contributed by atoms with E-state index in [1.165, 1.54) is 0 Å². The first kappa shape index (κ1) is 7.06. The third-order valence-corrected chi connectivity index (χ3v) is 1.65. The van der Waals surface area contributed by atoms with Crippen molar-refractivity contribution in [2.45, 2.75) is 5.79 Å². The number of alkyl halides is 1. The van der Waals surface area contributed by atoms with E-state index in [1.807, 2.05) is 0 Å². The van der Waals surface area contributed by atoms with Crippen LogP contribution in [0.15, 0.2) is 12.7 Å². The molecule has 0 N–H and O–H groups in total. The van der Waals surface area contributed by atoms with E-state index < -0.39 is 5.79 Å². The van der Waals surface area contributed by atoms with Gasteiger partial charge < -0.3 is 9.47 Å². The molecule has 0 bridgehead atoms. The summed E-state index contributed by atoms with van der Waals surface area (Å²) in [6.45, 7) is 4.77. The van der Waals surface area contributed by atoms with Gasteiger partial charge in [-0.3, -0.25) is 0 Å². The molecule has 3 heteroatoms. The van der Waals surface area contributed by atoms with E-state index in [-0.39, 0.29) is 0 Å². The maximum Gasteiger partial charge on any atom is 0.201 e. The van der Waals surface area contributed by atoms with Crippen LogP contribution in [0.5, 0.6) is 0 Å². The highest BCUT2D eigenvalue weighted by atomic mass is 35.5. The lowest BCUT2D eigenvalue weighted by molar-refractivity contribution is -0.0962. The Morgan fingerprint density at radius 1 is 1.56 bits per heavy atom. The molecule has 0 aliphatic carbocycles. The molecule has 0 saturated carbocycles. The molecule has 1 fully saturated rings. The molecule has 0 aromatic rings. The van der Waals surface area contributed by atoms with Crippen molar-refractivity contribution in [3.63, 3.8) is 0 Å². The Kier molecular flexibility index (Phi) is 2.11. The molecular weight excluding hydrogens is 140 g/mol. The summed E-state index contributed by atoms with van der Waals surface area (Å²) in [5.74, 6) is -0.377. The van der Waals surface area contributed by atoms with Crippen molar-refractivity contribution < 1.29 is 9.47 Å². The van der Waals surface area contributed by atoms with Crippen LogP contribution in [0, 0.1) is 0 Å². The van der Waals surface area contributed by atoms with E-state index in [9.17, 15) is 0 Å². The second-order valence-electron chi connectivity index (χ2n) is 1.85. The van der Waals surface area contributed by atoms with Crippen molar-refractivity contribution in [1.82, 2.24) is 0 Å². The van der Waals surface area contributed by atoms with Gasteiger partial charge in [0.05, 0.1) is 19.1 Å². The van der Waals surface area contributed by atoms with Gasteiger partial charge >= 0.3 is 0 Å². The Balaban J connectivity index is 2.55. The van der Waals surface area contributed by atoms with Crippen LogP contribution in [0.1, 0.15) is 0 Å². The maximum atomic E-state index is 5.54. The highest BCUT2D eigenvalue weighted by Crippen LogP contribution is 2.21. The molecule has 1 rings (SSSR count). The van der Waals surface area contributed by atoms with Crippen LogP contribution in [-0.4, -0.2) is 24.9 Å². The van der Waals surface area contributed by atoms with Gasteiger partial charge in [0.2, 0.25) is 5.79 Å². The minimum absolute atomic E-state index is 0.316. The molecule has 1 aliphatic rings. The van der Waals surface area contributed by atoms with Crippen LogP contribution in [0.4, 0.5) is 0 Å². The predicted octanol–water partition coefficient (Wildman–Crippen LogP) is 1.15. The summed E-state index contributed by atoms with van der Waals surface area (Å²) in [5, 5.41) is 0. The summed E-state index contributed by atoms with van der Waals surface area (Å²) in [4.78, 5) is 0. The number of rotatable bonds is 2. The lowest BCUT2D eigenvalue weighted by Crippen LogP contribution is -2.28. The zero-order valence-electron chi connectivity index (χ0n) is 5.10. The minimum Gasteiger partial charge on any atom is -0.343 e. The Morgan fingerprint density at radius 3 is 2.33 bits per heavy atom. The average Bonchev–Trinajstić information content (AvgIpc) is 2.36. The summed E-state index contributed by atoms with van der Waals surface area (Å²) in [6, 6.07) is 0. The standard InChI is InChI=1S/C6H9ClO2/c1-2-6(5-7)8-3-4-9-6/h2H,1,3-5H2. The highest BCUT2D eigenvalue weighted by molar-refractivity contribution is 6.18. The fraction of sp³-hybridized carbons (Fsp3) is 0.667. The zero-order chi connectivity index (χ0) is 6.74. The highest BCUT2D eigenvalue weighted by Gasteiger charge is 2.31. The van der Waals surface area contributed by atoms with Gasteiger partial charge in [-0.1, -0.05) is 6.58 Å². The SMILES string of the molecule is C=CC1(CCl)OCCO1. The summed E-state index contributed by atoms with van der Waals surface area (Å²) >= 11 is 5.54. The first-order valence-electron chi connectivity index (χ1n) is 2.80. The largest absolute Gasteiger partial charge is 0.343 e. The van der Waals surface area contributed by atoms with Crippen LogP contribution in [-0.2, 0) is 9.47 Å². The molecule has 2 nitrogen and oxygen atoms in total. The first-order valence-corrected chi connectivity index (χ1v) is 3.34. The van der Waals surface area contributed by atoms with Crippen molar-refractivity contribution in [3.8, 4) is 0 Å². The molecular formula is C6H9ClO2. The van der Waals surface area contributed by atoms with Crippen molar-refractivity contribution >= 4 is 11.6 Å². The van der Waals surface area contributed by atoms with Gasteiger partial charge in [0.1, 0.15) is 0 Å². The number of hydrogen-bond acceptors (Lipinski definition) is 2. The minimum atomic E-state index is -0.693. The van der Waals surface area contributed by atoms with Crippen LogP contribution in [0.2, 0.25) is 0 Å². The fourth-order valence-electron chi connectivity index (χ4n) is 0.720. The zero-order valence-corrected chi connectivity index (χ0v) is 5.86. The van der Waals surface area contributed by atoms with E-state index in [2.05, 4.69) is 6.58 Å². The molecule has 9 heavy (non-hydrogen) atoms. The van der Waals surface area contributed by atoms with Crippen LogP contribution < -0.4 is 0 Å². The lowest BCUT2D eigenvalue weighted by atomic mass is 10.3. The van der Waals surface area contributed by atoms with Crippen molar-refractivity contribution in [2.75, 3.05) is 19.1 Å². The molecule has 0 aromatic heterocycles. The van der Waals surface area contributed by atoms with E-state index in [4.69, 9.17) is 21.1 Å². The third-order valence-electron chi connectivity index (χ3n) is 1.27. The Morgan fingerprint density at radius 2 is 2.11 bits per heavy atom. The molecule has 52 valence electrons. The topological polar surface area (TPSA) is 18.5 Å². The van der Waals surface area contributed by atoms with Crippen LogP contribution >= 0.6 is 11.6 Å². The van der Waals surface area contributed by atoms with Crippen molar-refractivity contribution in [1.29, 1.82) is 0 Å². The molecule has 1 heterocycles. The summed E-state index contributed by atoms with van der Waals surface area (Å²) in [6.07, 6.45) is 1.59. The van der Waals surface area contributed by atoms with Crippen molar-refractivity contribution in [3.05, 3.63) is 12.7 Å². The van der Waals surface area contributed by atoms with Gasteiger partial charge in [-0.05, 0) is 6.08 Å². The monoisotopic (exact) mass is 148 g/mol. The number of halogens is 1. The normalized spacial score (nSPS) is 24.1. The second kappa shape index (κ2) is 2.69. The third kappa shape index (κ3) is 1.26. The Hall–Kier alpha value is -0.0500. The molecule has 0 spiro atoms. The molecule has 0 aromatic carbocycles. The van der Waals surface area contributed by atoms with E-state index in [0.717, 1.165) is 0 Å². The maximum absolute atomic E-state index is 5.54. The molecule has 0 unspecified atom stereocenters. The molecule has 0 amide bonds. The Bertz CT molecular complexity index is 108. The van der Waals surface area contributed by atoms with E-state index in [0.29, 0.717) is 19.1 Å². The van der Waals surface area contributed by atoms with Crippen molar-refractivity contribution in [2.24, 2.45) is 0 Å². The Labute approximate surface area is 59.4 Å². The van der Waals surface area contributed by atoms with Gasteiger partial charge in [-0.2, -0.15) is 0 Å². The number of ether oxygens (including phenoxy) is 2. The summed E-state index contributed by atoms with van der Waals surface area (Å²) in [7, 11) is 0. The average molecular weight is 149 g/mol. The fourth-order valence-corrected chi connectivity index (χ4v) is 0.983. The van der Waals surface area contributed by atoms with E-state index in [1.54, 1.807) is 6.08 Å². The van der Waals surface area contributed by atoms with Gasteiger partial charge in [-0.15, -0.1) is 11.6 Å². The molecule has 1 aliphatic heterocycles. The summed E-state index contributed by atoms with van der Waals surface area (Å²) < 4.78 is 10.3. The lowest BCUT2D eigenvalue weighted by Gasteiger charge is -2.18. The second-order valence-corrected chi connectivity index (χ2v) is 2.11. The quantitative estimate of drug-likeness (QED) is 0.432. The van der Waals surface area contributed by atoms with Gasteiger partial charge in [-0.25, -0.2) is 0 Å². The molecule has 0 atom stereocenters.